The predicted octanol–water partition coefficient (Wildman–Crippen LogP) is 5.20. The molecule has 0 radical (unpaired) electrons. The lowest BCUT2D eigenvalue weighted by Crippen LogP contribution is -2.30. The summed E-state index contributed by atoms with van der Waals surface area (Å²) >= 11 is 0. The Morgan fingerprint density at radius 2 is 2.03 bits per heavy atom. The van der Waals surface area contributed by atoms with Crippen molar-refractivity contribution in [2.24, 2.45) is 0 Å². The number of H-pyrrole nitrogens is 1. The zero-order valence-electron chi connectivity index (χ0n) is 21.3. The molecule has 1 atom stereocenters. The first-order valence-corrected chi connectivity index (χ1v) is 12.9. The molecule has 1 aliphatic heterocycles. The topological polar surface area (TPSA) is 88.1 Å². The van der Waals surface area contributed by atoms with E-state index in [-0.39, 0.29) is 5.91 Å². The zero-order chi connectivity index (χ0) is 25.9. The molecule has 1 amide bonds. The maximum Gasteiger partial charge on any atom is 0.258 e. The Morgan fingerprint density at radius 3 is 2.87 bits per heavy atom. The van der Waals surface area contributed by atoms with Gasteiger partial charge in [0.25, 0.3) is 5.91 Å². The monoisotopic (exact) mass is 506 g/mol. The molecule has 5 aromatic rings. The lowest BCUT2D eigenvalue weighted by Gasteiger charge is -2.19. The Balaban J connectivity index is 1.14. The van der Waals surface area contributed by atoms with Gasteiger partial charge in [-0.1, -0.05) is 42.5 Å². The number of carbonyl (C=O) groups is 1. The van der Waals surface area contributed by atoms with Gasteiger partial charge in [0, 0.05) is 29.4 Å². The van der Waals surface area contributed by atoms with E-state index < -0.39 is 0 Å². The SMILES string of the molecule is CN1CCC[C@H]1COc1cccc(-c2ccc3c(NC(=O)c4cnn(Cc5ccccc5)c4)c[nH]c3n2)c1. The van der Waals surface area contributed by atoms with Crippen molar-refractivity contribution in [3.63, 3.8) is 0 Å². The fourth-order valence-electron chi connectivity index (χ4n) is 4.93. The first-order valence-electron chi connectivity index (χ1n) is 12.9. The van der Waals surface area contributed by atoms with Crippen LogP contribution in [0.5, 0.6) is 5.75 Å². The van der Waals surface area contributed by atoms with Crippen LogP contribution in [0, 0.1) is 0 Å². The van der Waals surface area contributed by atoms with Gasteiger partial charge in [-0.25, -0.2) is 4.98 Å². The minimum atomic E-state index is -0.216. The van der Waals surface area contributed by atoms with Crippen LogP contribution in [0.1, 0.15) is 28.8 Å². The summed E-state index contributed by atoms with van der Waals surface area (Å²) in [5.74, 6) is 0.629. The van der Waals surface area contributed by atoms with Gasteiger partial charge < -0.3 is 19.9 Å². The van der Waals surface area contributed by atoms with Crippen LogP contribution in [0.25, 0.3) is 22.3 Å². The van der Waals surface area contributed by atoms with Crippen LogP contribution in [0.15, 0.2) is 85.3 Å². The number of fused-ring (bicyclic) bond motifs is 1. The molecule has 2 aromatic carbocycles. The molecule has 0 aliphatic carbocycles. The van der Waals surface area contributed by atoms with E-state index >= 15 is 0 Å². The first-order chi connectivity index (χ1) is 18.6. The summed E-state index contributed by atoms with van der Waals surface area (Å²) in [6.07, 6.45) is 7.52. The first kappa shape index (κ1) is 23.9. The Morgan fingerprint density at radius 1 is 1.13 bits per heavy atom. The molecule has 38 heavy (non-hydrogen) atoms. The summed E-state index contributed by atoms with van der Waals surface area (Å²) in [4.78, 5) is 23.3. The molecule has 0 saturated carbocycles. The van der Waals surface area contributed by atoms with Crippen LogP contribution in [-0.2, 0) is 6.54 Å². The van der Waals surface area contributed by atoms with Gasteiger partial charge in [-0.05, 0) is 56.3 Å². The molecule has 8 heteroatoms. The van der Waals surface area contributed by atoms with Crippen LogP contribution in [0.3, 0.4) is 0 Å². The van der Waals surface area contributed by atoms with Crippen molar-refractivity contribution in [2.45, 2.75) is 25.4 Å². The number of carbonyl (C=O) groups excluding carboxylic acids is 1. The number of rotatable bonds is 8. The standard InChI is InChI=1S/C30H30N6O2/c1-35-14-6-10-24(35)20-38-25-11-5-9-22(15-25)27-13-12-26-28(17-31-29(26)33-27)34-30(37)23-16-32-36(19-23)18-21-7-3-2-4-8-21/h2-5,7-9,11-13,15-17,19,24H,6,10,14,18,20H2,1H3,(H,31,33)(H,34,37)/t24-/m0/s1. The Bertz CT molecular complexity index is 1560. The van der Waals surface area contributed by atoms with Crippen molar-refractivity contribution >= 4 is 22.6 Å². The van der Waals surface area contributed by atoms with Gasteiger partial charge in [0.15, 0.2) is 0 Å². The number of pyridine rings is 1. The van der Waals surface area contributed by atoms with Gasteiger partial charge in [-0.3, -0.25) is 9.48 Å². The molecule has 2 N–H and O–H groups in total. The average molecular weight is 507 g/mol. The zero-order valence-corrected chi connectivity index (χ0v) is 21.3. The largest absolute Gasteiger partial charge is 0.492 e. The third-order valence-electron chi connectivity index (χ3n) is 7.11. The highest BCUT2D eigenvalue weighted by Crippen LogP contribution is 2.28. The van der Waals surface area contributed by atoms with Crippen LogP contribution in [-0.4, -0.2) is 56.8 Å². The molecule has 0 spiro atoms. The quantitative estimate of drug-likeness (QED) is 0.302. The Kier molecular flexibility index (Phi) is 6.62. The third-order valence-corrected chi connectivity index (χ3v) is 7.11. The van der Waals surface area contributed by atoms with Crippen molar-refractivity contribution in [3.05, 3.63) is 96.4 Å². The molecule has 1 saturated heterocycles. The van der Waals surface area contributed by atoms with Gasteiger partial charge in [-0.2, -0.15) is 5.10 Å². The molecule has 192 valence electrons. The van der Waals surface area contributed by atoms with Gasteiger partial charge in [0.05, 0.1) is 29.7 Å². The van der Waals surface area contributed by atoms with Crippen LogP contribution >= 0.6 is 0 Å². The molecule has 3 aromatic heterocycles. The van der Waals surface area contributed by atoms with E-state index in [1.807, 2.05) is 66.7 Å². The van der Waals surface area contributed by atoms with Gasteiger partial charge in [0.2, 0.25) is 0 Å². The number of aromatic amines is 1. The highest BCUT2D eigenvalue weighted by atomic mass is 16.5. The van der Waals surface area contributed by atoms with Crippen molar-refractivity contribution < 1.29 is 9.53 Å². The van der Waals surface area contributed by atoms with E-state index in [2.05, 4.69) is 27.3 Å². The van der Waals surface area contributed by atoms with E-state index in [1.54, 1.807) is 23.3 Å². The van der Waals surface area contributed by atoms with Gasteiger partial charge >= 0.3 is 0 Å². The second-order valence-corrected chi connectivity index (χ2v) is 9.78. The molecule has 6 rings (SSSR count). The fraction of sp³-hybridized carbons (Fsp3) is 0.233. The number of likely N-dealkylation sites (tertiary alicyclic amines) is 1. The number of aromatic nitrogens is 4. The summed E-state index contributed by atoms with van der Waals surface area (Å²) in [5.41, 5.74) is 4.83. The lowest BCUT2D eigenvalue weighted by molar-refractivity contribution is 0.102. The summed E-state index contributed by atoms with van der Waals surface area (Å²) in [5, 5.41) is 8.17. The maximum absolute atomic E-state index is 12.9. The van der Waals surface area contributed by atoms with E-state index in [9.17, 15) is 4.79 Å². The molecular formula is C30H30N6O2. The normalized spacial score (nSPS) is 15.7. The van der Waals surface area contributed by atoms with Gasteiger partial charge in [0.1, 0.15) is 18.0 Å². The molecule has 4 heterocycles. The Labute approximate surface area is 221 Å². The predicted molar refractivity (Wildman–Crippen MR) is 148 cm³/mol. The van der Waals surface area contributed by atoms with Crippen LogP contribution in [0.4, 0.5) is 5.69 Å². The van der Waals surface area contributed by atoms with Crippen molar-refractivity contribution in [1.29, 1.82) is 0 Å². The number of hydrogen-bond acceptors (Lipinski definition) is 5. The number of ether oxygens (including phenoxy) is 1. The summed E-state index contributed by atoms with van der Waals surface area (Å²) < 4.78 is 7.86. The number of hydrogen-bond donors (Lipinski definition) is 2. The molecule has 1 aliphatic rings. The van der Waals surface area contributed by atoms with Crippen molar-refractivity contribution in [1.82, 2.24) is 24.6 Å². The highest BCUT2D eigenvalue weighted by Gasteiger charge is 2.21. The number of amides is 1. The second kappa shape index (κ2) is 10.5. The van der Waals surface area contributed by atoms with Crippen LogP contribution in [0.2, 0.25) is 0 Å². The molecule has 8 nitrogen and oxygen atoms in total. The number of benzene rings is 2. The van der Waals surface area contributed by atoms with Gasteiger partial charge in [-0.15, -0.1) is 0 Å². The maximum atomic E-state index is 12.9. The number of nitrogens with zero attached hydrogens (tertiary/aromatic N) is 4. The van der Waals surface area contributed by atoms with E-state index in [0.29, 0.717) is 36.1 Å². The smallest absolute Gasteiger partial charge is 0.258 e. The number of likely N-dealkylation sites (N-methyl/N-ethyl adjacent to an activating group) is 1. The number of anilines is 1. The second-order valence-electron chi connectivity index (χ2n) is 9.78. The average Bonchev–Trinajstić information content (AvgIpc) is 3.68. The van der Waals surface area contributed by atoms with Crippen molar-refractivity contribution in [2.75, 3.05) is 25.5 Å². The van der Waals surface area contributed by atoms with E-state index in [0.717, 1.165) is 34.5 Å². The molecular weight excluding hydrogens is 476 g/mol. The summed E-state index contributed by atoms with van der Waals surface area (Å²) in [7, 11) is 2.16. The number of nitrogens with one attached hydrogen (secondary N) is 2. The third kappa shape index (κ3) is 5.17. The minimum Gasteiger partial charge on any atom is -0.492 e. The van der Waals surface area contributed by atoms with Crippen molar-refractivity contribution in [3.8, 4) is 17.0 Å². The fourth-order valence-corrected chi connectivity index (χ4v) is 4.93. The van der Waals surface area contributed by atoms with Crippen LogP contribution < -0.4 is 10.1 Å². The molecule has 0 unspecified atom stereocenters. The minimum absolute atomic E-state index is 0.216. The summed E-state index contributed by atoms with van der Waals surface area (Å²) in [6.45, 7) is 2.43. The summed E-state index contributed by atoms with van der Waals surface area (Å²) in [6, 6.07) is 22.5. The van der Waals surface area contributed by atoms with E-state index in [4.69, 9.17) is 9.72 Å². The highest BCUT2D eigenvalue weighted by molar-refractivity contribution is 6.08. The molecule has 1 fully saturated rings. The Hall–Kier alpha value is -4.43. The lowest BCUT2D eigenvalue weighted by atomic mass is 10.1. The molecule has 0 bridgehead atoms. The van der Waals surface area contributed by atoms with E-state index in [1.165, 1.54) is 12.8 Å².